The Hall–Kier alpha value is -2.46. The van der Waals surface area contributed by atoms with Crippen LogP contribution in [0.2, 0.25) is 0 Å². The number of halogens is 1. The van der Waals surface area contributed by atoms with E-state index in [2.05, 4.69) is 5.16 Å². The molecule has 2 aromatic carbocycles. The predicted octanol–water partition coefficient (Wildman–Crippen LogP) is 3.95. The molecule has 106 valence electrons. The van der Waals surface area contributed by atoms with E-state index in [1.165, 1.54) is 12.1 Å². The number of aromatic nitrogens is 1. The molecule has 0 spiro atoms. The lowest BCUT2D eigenvalue weighted by atomic mass is 10.0. The normalized spacial score (nSPS) is 10.8. The minimum absolute atomic E-state index is 0.195. The molecule has 0 amide bonds. The zero-order valence-electron chi connectivity index (χ0n) is 11.5. The van der Waals surface area contributed by atoms with Crippen LogP contribution < -0.4 is 0 Å². The third-order valence-corrected chi connectivity index (χ3v) is 3.38. The summed E-state index contributed by atoms with van der Waals surface area (Å²) in [5.74, 6) is 0.225. The van der Waals surface area contributed by atoms with Gasteiger partial charge < -0.3 is 9.63 Å². The van der Waals surface area contributed by atoms with Crippen molar-refractivity contribution in [2.24, 2.45) is 0 Å². The van der Waals surface area contributed by atoms with E-state index in [1.807, 2.05) is 31.2 Å². The van der Waals surface area contributed by atoms with Crippen LogP contribution in [0, 0.1) is 12.7 Å². The smallest absolute Gasteiger partial charge is 0.173 e. The van der Waals surface area contributed by atoms with Gasteiger partial charge >= 0.3 is 0 Å². The maximum atomic E-state index is 13.0. The van der Waals surface area contributed by atoms with Crippen molar-refractivity contribution >= 4 is 0 Å². The van der Waals surface area contributed by atoms with Crippen LogP contribution in [-0.4, -0.2) is 10.3 Å². The Morgan fingerprint density at radius 1 is 1.00 bits per heavy atom. The molecule has 21 heavy (non-hydrogen) atoms. The second-order valence-corrected chi connectivity index (χ2v) is 4.87. The molecule has 0 unspecified atom stereocenters. The van der Waals surface area contributed by atoms with E-state index in [0.717, 1.165) is 11.1 Å². The molecule has 3 nitrogen and oxygen atoms in total. The molecule has 0 saturated carbocycles. The van der Waals surface area contributed by atoms with E-state index in [9.17, 15) is 9.50 Å². The van der Waals surface area contributed by atoms with Crippen LogP contribution in [0.3, 0.4) is 0 Å². The van der Waals surface area contributed by atoms with E-state index in [0.29, 0.717) is 22.6 Å². The third kappa shape index (κ3) is 2.58. The van der Waals surface area contributed by atoms with Crippen molar-refractivity contribution in [1.82, 2.24) is 5.16 Å². The molecule has 1 heterocycles. The summed E-state index contributed by atoms with van der Waals surface area (Å²) >= 11 is 0. The number of nitrogens with zero attached hydrogens (tertiary/aromatic N) is 1. The number of hydrogen-bond acceptors (Lipinski definition) is 3. The quantitative estimate of drug-likeness (QED) is 0.791. The molecule has 0 aliphatic carbocycles. The summed E-state index contributed by atoms with van der Waals surface area (Å²) in [7, 11) is 0. The lowest BCUT2D eigenvalue weighted by Crippen LogP contribution is -1.89. The fraction of sp³-hybridized carbons (Fsp3) is 0.118. The van der Waals surface area contributed by atoms with Gasteiger partial charge in [-0.1, -0.05) is 35.0 Å². The van der Waals surface area contributed by atoms with Crippen molar-refractivity contribution in [3.8, 4) is 22.6 Å². The average Bonchev–Trinajstić information content (AvgIpc) is 2.92. The number of aliphatic hydroxyl groups is 1. The number of benzene rings is 2. The van der Waals surface area contributed by atoms with Crippen molar-refractivity contribution in [2.45, 2.75) is 13.5 Å². The summed E-state index contributed by atoms with van der Waals surface area (Å²) in [6.45, 7) is 1.81. The van der Waals surface area contributed by atoms with E-state index in [4.69, 9.17) is 4.52 Å². The first-order valence-electron chi connectivity index (χ1n) is 6.61. The Bertz CT molecular complexity index is 682. The molecule has 1 aromatic heterocycles. The highest BCUT2D eigenvalue weighted by Gasteiger charge is 2.18. The van der Waals surface area contributed by atoms with Crippen molar-refractivity contribution in [3.05, 3.63) is 65.5 Å². The number of aryl methyl sites for hydroxylation is 1. The summed E-state index contributed by atoms with van der Waals surface area (Å²) in [6, 6.07) is 13.7. The van der Waals surface area contributed by atoms with Crippen molar-refractivity contribution in [3.63, 3.8) is 0 Å². The number of rotatable bonds is 3. The maximum absolute atomic E-state index is 13.0. The molecule has 0 aliphatic heterocycles. The van der Waals surface area contributed by atoms with Gasteiger partial charge in [0.1, 0.15) is 11.5 Å². The minimum Gasteiger partial charge on any atom is -0.391 e. The summed E-state index contributed by atoms with van der Waals surface area (Å²) in [4.78, 5) is 0. The van der Waals surface area contributed by atoms with Crippen molar-refractivity contribution in [2.75, 3.05) is 0 Å². The van der Waals surface area contributed by atoms with Gasteiger partial charge in [-0.15, -0.1) is 0 Å². The Balaban J connectivity index is 2.08. The number of aliphatic hydroxyl groups excluding tert-OH is 1. The monoisotopic (exact) mass is 283 g/mol. The highest BCUT2D eigenvalue weighted by molar-refractivity contribution is 5.72. The molecule has 1 N–H and O–H groups in total. The first-order valence-corrected chi connectivity index (χ1v) is 6.61. The topological polar surface area (TPSA) is 46.3 Å². The van der Waals surface area contributed by atoms with Crippen LogP contribution >= 0.6 is 0 Å². The Morgan fingerprint density at radius 3 is 2.24 bits per heavy atom. The summed E-state index contributed by atoms with van der Waals surface area (Å²) in [6.07, 6.45) is 0. The first-order chi connectivity index (χ1) is 10.2. The molecule has 0 saturated heterocycles. The second kappa shape index (κ2) is 5.50. The molecule has 4 heteroatoms. The average molecular weight is 283 g/mol. The Morgan fingerprint density at radius 2 is 1.62 bits per heavy atom. The fourth-order valence-electron chi connectivity index (χ4n) is 2.22. The SMILES string of the molecule is Cc1ccc(-c2onc(-c3ccc(F)cc3)c2CO)cc1. The van der Waals surface area contributed by atoms with Gasteiger partial charge in [-0.25, -0.2) is 4.39 Å². The predicted molar refractivity (Wildman–Crippen MR) is 78.0 cm³/mol. The van der Waals surface area contributed by atoms with Crippen molar-refractivity contribution < 1.29 is 14.0 Å². The second-order valence-electron chi connectivity index (χ2n) is 4.87. The zero-order valence-corrected chi connectivity index (χ0v) is 11.5. The Labute approximate surface area is 121 Å². The molecule has 0 atom stereocenters. The summed E-state index contributed by atoms with van der Waals surface area (Å²) < 4.78 is 18.4. The largest absolute Gasteiger partial charge is 0.391 e. The highest BCUT2D eigenvalue weighted by Crippen LogP contribution is 2.32. The lowest BCUT2D eigenvalue weighted by molar-refractivity contribution is 0.281. The van der Waals surface area contributed by atoms with Gasteiger partial charge in [-0.3, -0.25) is 0 Å². The lowest BCUT2D eigenvalue weighted by Gasteiger charge is -2.02. The van der Waals surface area contributed by atoms with Gasteiger partial charge in [0.25, 0.3) is 0 Å². The fourth-order valence-corrected chi connectivity index (χ4v) is 2.22. The molecule has 0 aliphatic rings. The standard InChI is InChI=1S/C17H14FNO2/c1-11-2-4-13(5-3-11)17-15(10-20)16(19-21-17)12-6-8-14(18)9-7-12/h2-9,20H,10H2,1H3. The molecule has 0 fully saturated rings. The van der Waals surface area contributed by atoms with Gasteiger partial charge in [0.05, 0.1) is 12.2 Å². The van der Waals surface area contributed by atoms with Crippen LogP contribution in [-0.2, 0) is 6.61 Å². The molecule has 3 rings (SSSR count). The van der Waals surface area contributed by atoms with Crippen LogP contribution in [0.25, 0.3) is 22.6 Å². The van der Waals surface area contributed by atoms with Gasteiger partial charge in [0.15, 0.2) is 5.76 Å². The molecule has 0 bridgehead atoms. The van der Waals surface area contributed by atoms with Crippen LogP contribution in [0.5, 0.6) is 0 Å². The van der Waals surface area contributed by atoms with Crippen LogP contribution in [0.4, 0.5) is 4.39 Å². The molecule has 0 radical (unpaired) electrons. The summed E-state index contributed by atoms with van der Waals surface area (Å²) in [5, 5.41) is 13.7. The zero-order chi connectivity index (χ0) is 14.8. The van der Waals surface area contributed by atoms with E-state index >= 15 is 0 Å². The number of hydrogen-bond donors (Lipinski definition) is 1. The van der Waals surface area contributed by atoms with Gasteiger partial charge in [0, 0.05) is 11.1 Å². The Kier molecular flexibility index (Phi) is 3.54. The molecule has 3 aromatic rings. The summed E-state index contributed by atoms with van der Waals surface area (Å²) in [5.41, 5.74) is 3.84. The maximum Gasteiger partial charge on any atom is 0.173 e. The van der Waals surface area contributed by atoms with Gasteiger partial charge in [-0.2, -0.15) is 0 Å². The van der Waals surface area contributed by atoms with E-state index in [-0.39, 0.29) is 12.4 Å². The first kappa shape index (κ1) is 13.5. The third-order valence-electron chi connectivity index (χ3n) is 3.38. The minimum atomic E-state index is -0.313. The molecular formula is C17H14FNO2. The van der Waals surface area contributed by atoms with E-state index < -0.39 is 0 Å². The highest BCUT2D eigenvalue weighted by atomic mass is 19.1. The van der Waals surface area contributed by atoms with Crippen LogP contribution in [0.1, 0.15) is 11.1 Å². The van der Waals surface area contributed by atoms with Crippen LogP contribution in [0.15, 0.2) is 53.1 Å². The van der Waals surface area contributed by atoms with Gasteiger partial charge in [0.2, 0.25) is 0 Å². The van der Waals surface area contributed by atoms with Crippen molar-refractivity contribution in [1.29, 1.82) is 0 Å². The molecular weight excluding hydrogens is 269 g/mol. The van der Waals surface area contributed by atoms with E-state index in [1.54, 1.807) is 12.1 Å². The van der Waals surface area contributed by atoms with Gasteiger partial charge in [-0.05, 0) is 31.2 Å².